The summed E-state index contributed by atoms with van der Waals surface area (Å²) in [6.45, 7) is 9.36. The van der Waals surface area contributed by atoms with Crippen molar-refractivity contribution >= 4 is 11.5 Å². The van der Waals surface area contributed by atoms with Gasteiger partial charge in [0.15, 0.2) is 0 Å². The van der Waals surface area contributed by atoms with Crippen LogP contribution in [0.25, 0.3) is 0 Å². The first-order valence-corrected chi connectivity index (χ1v) is 7.00. The molecule has 96 valence electrons. The molecule has 0 amide bonds. The number of hydrogen-bond acceptors (Lipinski definition) is 4. The summed E-state index contributed by atoms with van der Waals surface area (Å²) in [5.74, 6) is 0. The van der Waals surface area contributed by atoms with Crippen LogP contribution in [0.3, 0.4) is 0 Å². The second-order valence-electron chi connectivity index (χ2n) is 4.57. The quantitative estimate of drug-likeness (QED) is 0.918. The molecule has 3 nitrogen and oxygen atoms in total. The molecule has 1 aromatic carbocycles. The lowest BCUT2D eigenvalue weighted by Crippen LogP contribution is -2.22. The number of hydrogen-bond donors (Lipinski definition) is 1. The van der Waals surface area contributed by atoms with Gasteiger partial charge in [0, 0.05) is 0 Å². The van der Waals surface area contributed by atoms with Crippen LogP contribution in [0.4, 0.5) is 0 Å². The standard InChI is InChI=1S/C14H19N3S/c1-5-15-13(14-11(4)16-17-18-14)12-7-6-9(2)8-10(12)3/h6-8,13,15H,5H2,1-4H3. The fraction of sp³-hybridized carbons (Fsp3) is 0.429. The van der Waals surface area contributed by atoms with Gasteiger partial charge in [0.05, 0.1) is 16.6 Å². The summed E-state index contributed by atoms with van der Waals surface area (Å²) in [6.07, 6.45) is 0. The van der Waals surface area contributed by atoms with Gasteiger partial charge in [-0.25, -0.2) is 0 Å². The second-order valence-corrected chi connectivity index (χ2v) is 5.36. The smallest absolute Gasteiger partial charge is 0.0776 e. The van der Waals surface area contributed by atoms with E-state index in [1.54, 1.807) is 0 Å². The molecular formula is C14H19N3S. The predicted octanol–water partition coefficient (Wildman–Crippen LogP) is 3.16. The molecule has 2 rings (SSSR count). The number of aryl methyl sites for hydroxylation is 3. The van der Waals surface area contributed by atoms with Crippen LogP contribution in [-0.4, -0.2) is 16.1 Å². The molecule has 1 atom stereocenters. The molecule has 0 radical (unpaired) electrons. The van der Waals surface area contributed by atoms with Gasteiger partial charge in [-0.3, -0.25) is 0 Å². The van der Waals surface area contributed by atoms with Gasteiger partial charge in [0.25, 0.3) is 0 Å². The minimum atomic E-state index is 0.204. The highest BCUT2D eigenvalue weighted by Crippen LogP contribution is 2.29. The summed E-state index contributed by atoms with van der Waals surface area (Å²) in [4.78, 5) is 1.21. The zero-order chi connectivity index (χ0) is 13.1. The van der Waals surface area contributed by atoms with E-state index in [-0.39, 0.29) is 6.04 Å². The fourth-order valence-electron chi connectivity index (χ4n) is 2.20. The van der Waals surface area contributed by atoms with E-state index in [1.165, 1.54) is 33.1 Å². The van der Waals surface area contributed by atoms with E-state index >= 15 is 0 Å². The number of benzene rings is 1. The second kappa shape index (κ2) is 5.59. The number of nitrogens with zero attached hydrogens (tertiary/aromatic N) is 2. The molecule has 1 heterocycles. The number of rotatable bonds is 4. The molecule has 0 aliphatic heterocycles. The molecule has 18 heavy (non-hydrogen) atoms. The van der Waals surface area contributed by atoms with Crippen molar-refractivity contribution in [2.24, 2.45) is 0 Å². The molecule has 0 saturated carbocycles. The van der Waals surface area contributed by atoms with E-state index < -0.39 is 0 Å². The lowest BCUT2D eigenvalue weighted by molar-refractivity contribution is 0.632. The zero-order valence-corrected chi connectivity index (χ0v) is 12.1. The Morgan fingerprint density at radius 2 is 2.06 bits per heavy atom. The fourth-order valence-corrected chi connectivity index (χ4v) is 2.94. The van der Waals surface area contributed by atoms with E-state index in [0.29, 0.717) is 0 Å². The normalized spacial score (nSPS) is 12.7. The van der Waals surface area contributed by atoms with Gasteiger partial charge in [-0.15, -0.1) is 5.10 Å². The number of nitrogens with one attached hydrogen (secondary N) is 1. The Balaban J connectivity index is 2.45. The van der Waals surface area contributed by atoms with Gasteiger partial charge in [0.2, 0.25) is 0 Å². The third-order valence-electron chi connectivity index (χ3n) is 3.09. The van der Waals surface area contributed by atoms with Crippen molar-refractivity contribution in [1.82, 2.24) is 14.9 Å². The molecule has 0 bridgehead atoms. The van der Waals surface area contributed by atoms with Gasteiger partial charge in [0.1, 0.15) is 0 Å². The van der Waals surface area contributed by atoms with Crippen molar-refractivity contribution in [3.8, 4) is 0 Å². The van der Waals surface area contributed by atoms with Crippen molar-refractivity contribution in [3.63, 3.8) is 0 Å². The topological polar surface area (TPSA) is 37.8 Å². The Morgan fingerprint density at radius 1 is 1.28 bits per heavy atom. The highest BCUT2D eigenvalue weighted by Gasteiger charge is 2.19. The van der Waals surface area contributed by atoms with Gasteiger partial charge >= 0.3 is 0 Å². The molecular weight excluding hydrogens is 242 g/mol. The van der Waals surface area contributed by atoms with Gasteiger partial charge in [-0.05, 0) is 50.0 Å². The molecule has 0 spiro atoms. The predicted molar refractivity (Wildman–Crippen MR) is 76.1 cm³/mol. The highest BCUT2D eigenvalue weighted by atomic mass is 32.1. The first kappa shape index (κ1) is 13.2. The molecule has 1 unspecified atom stereocenters. The maximum atomic E-state index is 4.12. The zero-order valence-electron chi connectivity index (χ0n) is 11.3. The maximum absolute atomic E-state index is 4.12. The van der Waals surface area contributed by atoms with Crippen molar-refractivity contribution in [1.29, 1.82) is 0 Å². The minimum Gasteiger partial charge on any atom is -0.306 e. The molecule has 0 aliphatic rings. The van der Waals surface area contributed by atoms with E-state index in [0.717, 1.165) is 12.2 Å². The summed E-state index contributed by atoms with van der Waals surface area (Å²) in [5.41, 5.74) is 4.95. The monoisotopic (exact) mass is 261 g/mol. The lowest BCUT2D eigenvalue weighted by atomic mass is 9.97. The Hall–Kier alpha value is -1.26. The van der Waals surface area contributed by atoms with Crippen LogP contribution in [0.1, 0.15) is 40.2 Å². The molecule has 2 aromatic rings. The van der Waals surface area contributed by atoms with Gasteiger partial charge in [-0.1, -0.05) is 35.2 Å². The van der Waals surface area contributed by atoms with Gasteiger partial charge in [-0.2, -0.15) is 0 Å². The Labute approximate surface area is 112 Å². The molecule has 4 heteroatoms. The Kier molecular flexibility index (Phi) is 4.09. The van der Waals surface area contributed by atoms with Crippen LogP contribution >= 0.6 is 11.5 Å². The summed E-state index contributed by atoms with van der Waals surface area (Å²) in [7, 11) is 0. The van der Waals surface area contributed by atoms with Crippen molar-refractivity contribution in [2.75, 3.05) is 6.54 Å². The van der Waals surface area contributed by atoms with Crippen molar-refractivity contribution in [3.05, 3.63) is 45.5 Å². The van der Waals surface area contributed by atoms with Crippen LogP contribution < -0.4 is 5.32 Å². The average molecular weight is 261 g/mol. The molecule has 0 fully saturated rings. The third-order valence-corrected chi connectivity index (χ3v) is 3.98. The SMILES string of the molecule is CCNC(c1ccc(C)cc1C)c1snnc1C. The van der Waals surface area contributed by atoms with E-state index in [4.69, 9.17) is 0 Å². The van der Waals surface area contributed by atoms with Crippen LogP contribution in [0.5, 0.6) is 0 Å². The Morgan fingerprint density at radius 3 is 2.61 bits per heavy atom. The highest BCUT2D eigenvalue weighted by molar-refractivity contribution is 7.05. The summed E-state index contributed by atoms with van der Waals surface area (Å²) in [5, 5.41) is 7.65. The molecule has 1 N–H and O–H groups in total. The Bertz CT molecular complexity index is 534. The molecule has 0 saturated heterocycles. The van der Waals surface area contributed by atoms with E-state index in [2.05, 4.69) is 53.9 Å². The van der Waals surface area contributed by atoms with E-state index in [1.807, 2.05) is 6.92 Å². The van der Waals surface area contributed by atoms with Crippen LogP contribution in [0, 0.1) is 20.8 Å². The first-order chi connectivity index (χ1) is 8.63. The third kappa shape index (κ3) is 2.60. The number of aromatic nitrogens is 2. The summed E-state index contributed by atoms with van der Waals surface area (Å²) in [6, 6.07) is 6.80. The van der Waals surface area contributed by atoms with Crippen LogP contribution in [0.15, 0.2) is 18.2 Å². The molecule has 0 aliphatic carbocycles. The minimum absolute atomic E-state index is 0.204. The summed E-state index contributed by atoms with van der Waals surface area (Å²) < 4.78 is 4.05. The largest absolute Gasteiger partial charge is 0.306 e. The van der Waals surface area contributed by atoms with Crippen molar-refractivity contribution in [2.45, 2.75) is 33.7 Å². The first-order valence-electron chi connectivity index (χ1n) is 6.23. The van der Waals surface area contributed by atoms with Crippen LogP contribution in [-0.2, 0) is 0 Å². The maximum Gasteiger partial charge on any atom is 0.0776 e. The summed E-state index contributed by atoms with van der Waals surface area (Å²) >= 11 is 1.48. The average Bonchev–Trinajstić information content (AvgIpc) is 2.73. The van der Waals surface area contributed by atoms with E-state index in [9.17, 15) is 0 Å². The van der Waals surface area contributed by atoms with Crippen molar-refractivity contribution < 1.29 is 0 Å². The van der Waals surface area contributed by atoms with Gasteiger partial charge < -0.3 is 5.32 Å². The van der Waals surface area contributed by atoms with Crippen LogP contribution in [0.2, 0.25) is 0 Å². The lowest BCUT2D eigenvalue weighted by Gasteiger charge is -2.19. The molecule has 1 aromatic heterocycles.